The predicted molar refractivity (Wildman–Crippen MR) is 103 cm³/mol. The monoisotopic (exact) mass is 388 g/mol. The molecule has 0 saturated heterocycles. The van der Waals surface area contributed by atoms with E-state index in [-0.39, 0.29) is 10.8 Å². The Bertz CT molecular complexity index is 1080. The lowest BCUT2D eigenvalue weighted by Gasteiger charge is -2.12. The van der Waals surface area contributed by atoms with Crippen molar-refractivity contribution in [1.29, 1.82) is 0 Å². The number of aromatic amines is 1. The Labute approximate surface area is 157 Å². The summed E-state index contributed by atoms with van der Waals surface area (Å²) in [7, 11) is -1.85. The van der Waals surface area contributed by atoms with Crippen LogP contribution in [0.5, 0.6) is 5.75 Å². The molecule has 142 valence electrons. The molecule has 0 amide bonds. The van der Waals surface area contributed by atoms with Crippen molar-refractivity contribution in [2.24, 2.45) is 0 Å². The maximum absolute atomic E-state index is 11.8. The maximum atomic E-state index is 11.8. The van der Waals surface area contributed by atoms with Gasteiger partial charge >= 0.3 is 0 Å². The van der Waals surface area contributed by atoms with E-state index in [9.17, 15) is 8.42 Å². The van der Waals surface area contributed by atoms with Crippen molar-refractivity contribution >= 4 is 33.1 Å². The Morgan fingerprint density at radius 1 is 1.15 bits per heavy atom. The van der Waals surface area contributed by atoms with Gasteiger partial charge in [0.2, 0.25) is 5.95 Å². The first-order valence-corrected chi connectivity index (χ1v) is 9.94. The van der Waals surface area contributed by atoms with Crippen LogP contribution in [0.25, 0.3) is 0 Å². The van der Waals surface area contributed by atoms with Gasteiger partial charge in [0.25, 0.3) is 0 Å². The van der Waals surface area contributed by atoms with Crippen molar-refractivity contribution in [3.05, 3.63) is 41.7 Å². The molecule has 10 heteroatoms. The quantitative estimate of drug-likeness (QED) is 0.589. The zero-order valence-electron chi connectivity index (χ0n) is 15.4. The van der Waals surface area contributed by atoms with Crippen molar-refractivity contribution < 1.29 is 13.2 Å². The second kappa shape index (κ2) is 7.23. The van der Waals surface area contributed by atoms with E-state index in [0.717, 1.165) is 23.3 Å². The molecule has 0 aliphatic rings. The fraction of sp³-hybridized carbons (Fsp3) is 0.235. The lowest BCUT2D eigenvalue weighted by atomic mass is 10.3. The van der Waals surface area contributed by atoms with Crippen LogP contribution in [-0.4, -0.2) is 41.9 Å². The van der Waals surface area contributed by atoms with Crippen LogP contribution in [0.3, 0.4) is 0 Å². The Hall–Kier alpha value is -3.14. The van der Waals surface area contributed by atoms with Gasteiger partial charge in [0, 0.05) is 18.0 Å². The first kappa shape index (κ1) is 18.6. The molecule has 0 bridgehead atoms. The molecule has 2 heterocycles. The Morgan fingerprint density at radius 3 is 2.56 bits per heavy atom. The third kappa shape index (κ3) is 4.17. The molecule has 0 aliphatic heterocycles. The first-order chi connectivity index (χ1) is 12.8. The SMILES string of the molecule is COc1ccc(S(C)(=O)=O)cc1Nc1nccc(Nc2[nH]nc(C)c2C)n1. The molecule has 3 aromatic rings. The summed E-state index contributed by atoms with van der Waals surface area (Å²) < 4.78 is 28.9. The minimum atomic E-state index is -3.35. The van der Waals surface area contributed by atoms with Gasteiger partial charge in [-0.05, 0) is 38.1 Å². The largest absolute Gasteiger partial charge is 0.495 e. The number of anilines is 4. The van der Waals surface area contributed by atoms with Gasteiger partial charge in [-0.3, -0.25) is 5.10 Å². The van der Waals surface area contributed by atoms with Crippen LogP contribution in [-0.2, 0) is 9.84 Å². The Balaban J connectivity index is 1.89. The molecule has 2 aromatic heterocycles. The van der Waals surface area contributed by atoms with Gasteiger partial charge in [-0.15, -0.1) is 0 Å². The van der Waals surface area contributed by atoms with E-state index in [2.05, 4.69) is 30.8 Å². The van der Waals surface area contributed by atoms with Crippen molar-refractivity contribution in [2.75, 3.05) is 24.0 Å². The van der Waals surface area contributed by atoms with E-state index < -0.39 is 9.84 Å². The number of benzene rings is 1. The number of aryl methyl sites for hydroxylation is 1. The predicted octanol–water partition coefficient (Wildman–Crippen LogP) is 2.72. The van der Waals surface area contributed by atoms with Crippen LogP contribution in [0.2, 0.25) is 0 Å². The number of hydrogen-bond donors (Lipinski definition) is 3. The fourth-order valence-electron chi connectivity index (χ4n) is 2.36. The minimum Gasteiger partial charge on any atom is -0.495 e. The number of nitrogens with one attached hydrogen (secondary N) is 3. The molecule has 0 radical (unpaired) electrons. The number of nitrogens with zero attached hydrogens (tertiary/aromatic N) is 3. The number of rotatable bonds is 6. The van der Waals surface area contributed by atoms with Gasteiger partial charge in [0.15, 0.2) is 9.84 Å². The highest BCUT2D eigenvalue weighted by Gasteiger charge is 2.13. The molecular weight excluding hydrogens is 368 g/mol. The van der Waals surface area contributed by atoms with E-state index in [1.54, 1.807) is 18.3 Å². The minimum absolute atomic E-state index is 0.170. The molecule has 0 fully saturated rings. The summed E-state index contributed by atoms with van der Waals surface area (Å²) in [5.74, 6) is 2.06. The number of hydrogen-bond acceptors (Lipinski definition) is 8. The van der Waals surface area contributed by atoms with Crippen LogP contribution in [0, 0.1) is 13.8 Å². The average Bonchev–Trinajstić information content (AvgIpc) is 2.93. The number of ether oxygens (including phenoxy) is 1. The van der Waals surface area contributed by atoms with Gasteiger partial charge in [-0.2, -0.15) is 10.1 Å². The molecule has 0 aliphatic carbocycles. The number of sulfone groups is 1. The number of aromatic nitrogens is 4. The summed E-state index contributed by atoms with van der Waals surface area (Å²) in [5, 5.41) is 13.2. The standard InChI is InChI=1S/C17H20N6O3S/c1-10-11(2)22-23-16(10)20-15-7-8-18-17(21-15)19-13-9-12(27(4,24)25)5-6-14(13)26-3/h5-9H,1-4H3,(H3,18,19,20,21,22,23). The summed E-state index contributed by atoms with van der Waals surface area (Å²) in [6.45, 7) is 3.86. The van der Waals surface area contributed by atoms with Crippen LogP contribution in [0.4, 0.5) is 23.3 Å². The topological polar surface area (TPSA) is 122 Å². The molecule has 0 spiro atoms. The fourth-order valence-corrected chi connectivity index (χ4v) is 3.01. The summed E-state index contributed by atoms with van der Waals surface area (Å²) >= 11 is 0. The molecule has 3 rings (SSSR count). The molecule has 0 atom stereocenters. The molecule has 3 N–H and O–H groups in total. The van der Waals surface area contributed by atoms with Crippen molar-refractivity contribution in [1.82, 2.24) is 20.2 Å². The molecule has 1 aromatic carbocycles. The Kier molecular flexibility index (Phi) is 5.00. The van der Waals surface area contributed by atoms with Gasteiger partial charge in [0.1, 0.15) is 17.4 Å². The molecule has 27 heavy (non-hydrogen) atoms. The number of H-pyrrole nitrogens is 1. The summed E-state index contributed by atoms with van der Waals surface area (Å²) in [5.41, 5.74) is 2.34. The average molecular weight is 388 g/mol. The molecule has 0 unspecified atom stereocenters. The third-order valence-electron chi connectivity index (χ3n) is 4.01. The highest BCUT2D eigenvalue weighted by Crippen LogP contribution is 2.29. The Morgan fingerprint density at radius 2 is 1.93 bits per heavy atom. The molecule has 9 nitrogen and oxygen atoms in total. The zero-order chi connectivity index (χ0) is 19.6. The van der Waals surface area contributed by atoms with Crippen LogP contribution in [0.15, 0.2) is 35.4 Å². The van der Waals surface area contributed by atoms with Gasteiger partial charge < -0.3 is 15.4 Å². The zero-order valence-corrected chi connectivity index (χ0v) is 16.2. The van der Waals surface area contributed by atoms with Crippen molar-refractivity contribution in [3.8, 4) is 5.75 Å². The van der Waals surface area contributed by atoms with Crippen LogP contribution < -0.4 is 15.4 Å². The van der Waals surface area contributed by atoms with E-state index in [4.69, 9.17) is 4.74 Å². The van der Waals surface area contributed by atoms with Gasteiger partial charge in [-0.25, -0.2) is 13.4 Å². The number of methoxy groups -OCH3 is 1. The van der Waals surface area contributed by atoms with E-state index in [1.165, 1.54) is 19.2 Å². The highest BCUT2D eigenvalue weighted by atomic mass is 32.2. The van der Waals surface area contributed by atoms with Crippen LogP contribution in [0.1, 0.15) is 11.3 Å². The molecular formula is C17H20N6O3S. The van der Waals surface area contributed by atoms with Crippen molar-refractivity contribution in [2.45, 2.75) is 18.7 Å². The van der Waals surface area contributed by atoms with Crippen LogP contribution >= 0.6 is 0 Å². The highest BCUT2D eigenvalue weighted by molar-refractivity contribution is 7.90. The normalized spacial score (nSPS) is 11.3. The summed E-state index contributed by atoms with van der Waals surface area (Å²) in [4.78, 5) is 8.74. The van der Waals surface area contributed by atoms with Crippen molar-refractivity contribution in [3.63, 3.8) is 0 Å². The summed E-state index contributed by atoms with van der Waals surface area (Å²) in [6.07, 6.45) is 2.73. The lowest BCUT2D eigenvalue weighted by molar-refractivity contribution is 0.416. The second-order valence-corrected chi connectivity index (χ2v) is 7.97. The first-order valence-electron chi connectivity index (χ1n) is 8.04. The van der Waals surface area contributed by atoms with E-state index in [0.29, 0.717) is 17.3 Å². The van der Waals surface area contributed by atoms with Gasteiger partial charge in [0.05, 0.1) is 23.4 Å². The smallest absolute Gasteiger partial charge is 0.229 e. The van der Waals surface area contributed by atoms with E-state index in [1.807, 2.05) is 13.8 Å². The summed E-state index contributed by atoms with van der Waals surface area (Å²) in [6, 6.07) is 6.27. The maximum Gasteiger partial charge on any atom is 0.229 e. The third-order valence-corrected chi connectivity index (χ3v) is 5.12. The van der Waals surface area contributed by atoms with E-state index >= 15 is 0 Å². The second-order valence-electron chi connectivity index (χ2n) is 5.96. The lowest BCUT2D eigenvalue weighted by Crippen LogP contribution is -2.04. The molecule has 0 saturated carbocycles. The van der Waals surface area contributed by atoms with Gasteiger partial charge in [-0.1, -0.05) is 0 Å².